The summed E-state index contributed by atoms with van der Waals surface area (Å²) in [7, 11) is 0. The second-order valence-corrected chi connectivity index (χ2v) is 10.4. The lowest BCUT2D eigenvalue weighted by molar-refractivity contribution is -0.147. The molecule has 0 saturated carbocycles. The molecular formula is C30H41N3O5. The van der Waals surface area contributed by atoms with E-state index in [4.69, 9.17) is 10.5 Å². The average molecular weight is 524 g/mol. The molecule has 2 aromatic carbocycles. The maximum Gasteiger partial charge on any atom is 0.306 e. The molecule has 0 aliphatic rings. The Morgan fingerprint density at radius 1 is 0.789 bits per heavy atom. The Morgan fingerprint density at radius 3 is 1.89 bits per heavy atom. The first-order valence-electron chi connectivity index (χ1n) is 13.2. The fourth-order valence-corrected chi connectivity index (χ4v) is 4.30. The minimum Gasteiger partial charge on any atom is -0.466 e. The topological polar surface area (TPSA) is 128 Å². The summed E-state index contributed by atoms with van der Waals surface area (Å²) >= 11 is 0. The predicted molar refractivity (Wildman–Crippen MR) is 148 cm³/mol. The first kappa shape index (κ1) is 30.5. The van der Waals surface area contributed by atoms with Crippen molar-refractivity contribution in [3.63, 3.8) is 0 Å². The van der Waals surface area contributed by atoms with Crippen molar-refractivity contribution in [1.82, 2.24) is 10.6 Å². The SMILES string of the molecule is CCOC(=O)CC(CC(C)C)C(=O)NC(C(=O)N[C@@H](CC(C)C)C(N)=O)c1ccc(-c2ccccc2)cc1. The van der Waals surface area contributed by atoms with E-state index >= 15 is 0 Å². The number of benzene rings is 2. The monoisotopic (exact) mass is 523 g/mol. The Hall–Kier alpha value is -3.68. The molecular weight excluding hydrogens is 482 g/mol. The van der Waals surface area contributed by atoms with E-state index in [1.54, 1.807) is 19.1 Å². The maximum atomic E-state index is 13.5. The number of esters is 1. The lowest BCUT2D eigenvalue weighted by atomic mass is 9.92. The fraction of sp³-hybridized carbons (Fsp3) is 0.467. The quantitative estimate of drug-likeness (QED) is 0.321. The second kappa shape index (κ2) is 14.9. The van der Waals surface area contributed by atoms with Gasteiger partial charge in [-0.15, -0.1) is 0 Å². The zero-order valence-electron chi connectivity index (χ0n) is 23.0. The molecule has 0 spiro atoms. The molecule has 2 rings (SSSR count). The van der Waals surface area contributed by atoms with Gasteiger partial charge in [-0.3, -0.25) is 19.2 Å². The van der Waals surface area contributed by atoms with E-state index in [0.29, 0.717) is 18.4 Å². The summed E-state index contributed by atoms with van der Waals surface area (Å²) in [5.41, 5.74) is 8.06. The third-order valence-electron chi connectivity index (χ3n) is 6.11. The van der Waals surface area contributed by atoms with Crippen molar-refractivity contribution in [1.29, 1.82) is 0 Å². The third-order valence-corrected chi connectivity index (χ3v) is 6.11. The summed E-state index contributed by atoms with van der Waals surface area (Å²) < 4.78 is 5.06. The number of nitrogens with one attached hydrogen (secondary N) is 2. The summed E-state index contributed by atoms with van der Waals surface area (Å²) in [6, 6.07) is 15.1. The maximum absolute atomic E-state index is 13.5. The van der Waals surface area contributed by atoms with Gasteiger partial charge in [-0.1, -0.05) is 82.3 Å². The van der Waals surface area contributed by atoms with Crippen LogP contribution in [0.3, 0.4) is 0 Å². The normalized spacial score (nSPS) is 13.4. The van der Waals surface area contributed by atoms with Crippen LogP contribution in [0.1, 0.15) is 65.5 Å². The molecule has 0 aliphatic heterocycles. The second-order valence-electron chi connectivity index (χ2n) is 10.4. The number of rotatable bonds is 14. The first-order chi connectivity index (χ1) is 18.0. The minimum atomic E-state index is -1.09. The van der Waals surface area contributed by atoms with Crippen LogP contribution in [0.5, 0.6) is 0 Å². The number of carbonyl (C=O) groups is 4. The Balaban J connectivity index is 2.37. The lowest BCUT2D eigenvalue weighted by Crippen LogP contribution is -2.50. The highest BCUT2D eigenvalue weighted by molar-refractivity contribution is 5.93. The van der Waals surface area contributed by atoms with Gasteiger partial charge in [0.2, 0.25) is 17.7 Å². The molecule has 0 saturated heterocycles. The molecule has 38 heavy (non-hydrogen) atoms. The zero-order valence-corrected chi connectivity index (χ0v) is 23.0. The third kappa shape index (κ3) is 9.65. The molecule has 0 aliphatic carbocycles. The first-order valence-corrected chi connectivity index (χ1v) is 13.2. The Labute approximate surface area is 225 Å². The summed E-state index contributed by atoms with van der Waals surface area (Å²) in [5, 5.41) is 5.55. The summed E-state index contributed by atoms with van der Waals surface area (Å²) in [4.78, 5) is 51.1. The lowest BCUT2D eigenvalue weighted by Gasteiger charge is -2.25. The van der Waals surface area contributed by atoms with E-state index in [0.717, 1.165) is 11.1 Å². The average Bonchev–Trinajstić information content (AvgIpc) is 2.86. The van der Waals surface area contributed by atoms with Gasteiger partial charge in [0, 0.05) is 5.92 Å². The number of ether oxygens (including phenoxy) is 1. The van der Waals surface area contributed by atoms with Crippen molar-refractivity contribution < 1.29 is 23.9 Å². The molecule has 0 fully saturated rings. The van der Waals surface area contributed by atoms with Gasteiger partial charge in [-0.25, -0.2) is 0 Å². The van der Waals surface area contributed by atoms with Crippen LogP contribution in [0.2, 0.25) is 0 Å². The Bertz CT molecular complexity index is 1070. The number of carbonyl (C=O) groups excluding carboxylic acids is 4. The highest BCUT2D eigenvalue weighted by Gasteiger charge is 2.31. The molecule has 3 atom stereocenters. The van der Waals surface area contributed by atoms with Crippen molar-refractivity contribution >= 4 is 23.7 Å². The molecule has 206 valence electrons. The van der Waals surface area contributed by atoms with Gasteiger partial charge in [0.15, 0.2) is 0 Å². The molecule has 3 amide bonds. The van der Waals surface area contributed by atoms with Crippen molar-refractivity contribution in [3.05, 3.63) is 60.2 Å². The van der Waals surface area contributed by atoms with Crippen LogP contribution in [0, 0.1) is 17.8 Å². The summed E-state index contributed by atoms with van der Waals surface area (Å²) in [6.07, 6.45) is 0.729. The number of amides is 3. The van der Waals surface area contributed by atoms with Crippen LogP contribution in [-0.2, 0) is 23.9 Å². The number of primary amides is 1. The molecule has 0 bridgehead atoms. The van der Waals surface area contributed by atoms with Gasteiger partial charge in [-0.2, -0.15) is 0 Å². The van der Waals surface area contributed by atoms with Gasteiger partial charge in [0.05, 0.1) is 13.0 Å². The van der Waals surface area contributed by atoms with E-state index in [2.05, 4.69) is 10.6 Å². The molecule has 2 aromatic rings. The number of nitrogens with two attached hydrogens (primary N) is 1. The van der Waals surface area contributed by atoms with Gasteiger partial charge >= 0.3 is 5.97 Å². The molecule has 0 radical (unpaired) electrons. The smallest absolute Gasteiger partial charge is 0.306 e. The van der Waals surface area contributed by atoms with Crippen molar-refractivity contribution in [2.45, 2.75) is 66.0 Å². The van der Waals surface area contributed by atoms with Crippen LogP contribution in [0.4, 0.5) is 0 Å². The van der Waals surface area contributed by atoms with E-state index in [9.17, 15) is 19.2 Å². The minimum absolute atomic E-state index is 0.0869. The molecule has 8 nitrogen and oxygen atoms in total. The van der Waals surface area contributed by atoms with Gasteiger partial charge < -0.3 is 21.1 Å². The molecule has 4 N–H and O–H groups in total. The predicted octanol–water partition coefficient (Wildman–Crippen LogP) is 4.14. The van der Waals surface area contributed by atoms with Crippen LogP contribution >= 0.6 is 0 Å². The molecule has 0 aromatic heterocycles. The van der Waals surface area contributed by atoms with E-state index in [1.807, 2.05) is 70.2 Å². The number of hydrogen-bond donors (Lipinski definition) is 3. The van der Waals surface area contributed by atoms with Gasteiger partial charge in [0.1, 0.15) is 12.1 Å². The Morgan fingerprint density at radius 2 is 1.37 bits per heavy atom. The summed E-state index contributed by atoms with van der Waals surface area (Å²) in [5.74, 6) is -2.50. The largest absolute Gasteiger partial charge is 0.466 e. The van der Waals surface area contributed by atoms with Crippen molar-refractivity contribution in [2.24, 2.45) is 23.5 Å². The number of hydrogen-bond acceptors (Lipinski definition) is 5. The summed E-state index contributed by atoms with van der Waals surface area (Å²) in [6.45, 7) is 9.70. The Kier molecular flexibility index (Phi) is 12.0. The van der Waals surface area contributed by atoms with Gasteiger partial charge in [0.25, 0.3) is 0 Å². The van der Waals surface area contributed by atoms with Gasteiger partial charge in [-0.05, 0) is 48.3 Å². The fourth-order valence-electron chi connectivity index (χ4n) is 4.30. The highest BCUT2D eigenvalue weighted by Crippen LogP contribution is 2.24. The highest BCUT2D eigenvalue weighted by atomic mass is 16.5. The van der Waals surface area contributed by atoms with Crippen LogP contribution in [-0.4, -0.2) is 36.3 Å². The van der Waals surface area contributed by atoms with E-state index in [1.165, 1.54) is 0 Å². The zero-order chi connectivity index (χ0) is 28.2. The van der Waals surface area contributed by atoms with Crippen molar-refractivity contribution in [3.8, 4) is 11.1 Å². The molecule has 8 heteroatoms. The van der Waals surface area contributed by atoms with E-state index < -0.39 is 41.7 Å². The van der Waals surface area contributed by atoms with Crippen LogP contribution < -0.4 is 16.4 Å². The molecule has 2 unspecified atom stereocenters. The van der Waals surface area contributed by atoms with Crippen molar-refractivity contribution in [2.75, 3.05) is 6.61 Å². The van der Waals surface area contributed by atoms with Crippen LogP contribution in [0.15, 0.2) is 54.6 Å². The van der Waals surface area contributed by atoms with Crippen LogP contribution in [0.25, 0.3) is 11.1 Å². The van der Waals surface area contributed by atoms with E-state index in [-0.39, 0.29) is 24.9 Å². The standard InChI is InChI=1S/C30H41N3O5/c1-6-38-26(34)18-24(16-19(2)3)29(36)33-27(30(37)32-25(28(31)35)17-20(4)5)23-14-12-22(13-15-23)21-10-8-7-9-11-21/h7-15,19-20,24-25,27H,6,16-18H2,1-5H3,(H2,31,35)(H,32,37)(H,33,36)/t24?,25-,27?/m0/s1. The molecule has 0 heterocycles.